The van der Waals surface area contributed by atoms with Crippen LogP contribution >= 0.6 is 24.7 Å². The Labute approximate surface area is 439 Å². The Balaban J connectivity index is 0.000000317. The van der Waals surface area contributed by atoms with Crippen molar-refractivity contribution in [1.82, 2.24) is 41.8 Å². The lowest BCUT2D eigenvalue weighted by molar-refractivity contribution is -0.0782. The van der Waals surface area contributed by atoms with Gasteiger partial charge in [-0.05, 0) is 102 Å². The molecule has 3 aromatic carbocycles. The van der Waals surface area contributed by atoms with Crippen LogP contribution in [-0.2, 0) is 30.1 Å². The quantitative estimate of drug-likeness (QED) is 0.00678. The van der Waals surface area contributed by atoms with Gasteiger partial charge in [0.25, 0.3) is 10.3 Å². The lowest BCUT2D eigenvalue weighted by atomic mass is 9.81. The van der Waals surface area contributed by atoms with E-state index in [4.69, 9.17) is 27.7 Å². The number of nitrogens with zero attached hydrogens (tertiary/aromatic N) is 4. The Morgan fingerprint density at radius 1 is 0.712 bits per heavy atom. The third-order valence-electron chi connectivity index (χ3n) is 11.2. The number of sulfone groups is 1. The zero-order valence-corrected chi connectivity index (χ0v) is 45.4. The van der Waals surface area contributed by atoms with Crippen molar-refractivity contribution in [3.63, 3.8) is 0 Å². The fourth-order valence-electron chi connectivity index (χ4n) is 6.79. The molecule has 2 heterocycles. The van der Waals surface area contributed by atoms with Gasteiger partial charge in [0.1, 0.15) is 17.8 Å². The number of unbranched alkanes of at least 4 members (excludes halogenated alkanes) is 9. The van der Waals surface area contributed by atoms with Gasteiger partial charge >= 0.3 is 24.1 Å². The normalized spacial score (nSPS) is 11.3. The van der Waals surface area contributed by atoms with Crippen molar-refractivity contribution in [2.24, 2.45) is 0 Å². The third-order valence-corrected chi connectivity index (χ3v) is 13.3. The predicted molar refractivity (Wildman–Crippen MR) is 284 cm³/mol. The van der Waals surface area contributed by atoms with Crippen LogP contribution in [0.5, 0.6) is 11.5 Å². The van der Waals surface area contributed by atoms with Gasteiger partial charge < -0.3 is 34.0 Å². The zero-order valence-electron chi connectivity index (χ0n) is 42.9. The van der Waals surface area contributed by atoms with E-state index in [0.717, 1.165) is 49.2 Å². The topological polar surface area (TPSA) is 255 Å². The molecule has 0 unspecified atom stereocenters. The second kappa shape index (κ2) is 33.1. The van der Waals surface area contributed by atoms with Gasteiger partial charge in [-0.15, -0.1) is 17.0 Å². The van der Waals surface area contributed by atoms with Gasteiger partial charge in [-0.3, -0.25) is 0 Å². The molecule has 5 rings (SSSR count). The van der Waals surface area contributed by atoms with E-state index < -0.39 is 27.1 Å². The van der Waals surface area contributed by atoms with Crippen LogP contribution in [0.3, 0.4) is 0 Å². The highest BCUT2D eigenvalue weighted by Crippen LogP contribution is 2.35. The molecule has 0 atom stereocenters. The summed E-state index contributed by atoms with van der Waals surface area (Å²) in [5, 5.41) is 12.3. The van der Waals surface area contributed by atoms with Crippen LogP contribution in [0, 0.1) is 13.8 Å². The van der Waals surface area contributed by atoms with Gasteiger partial charge in [0, 0.05) is 31.2 Å². The first-order valence-corrected chi connectivity index (χ1v) is 27.7. The van der Waals surface area contributed by atoms with Gasteiger partial charge in [0.15, 0.2) is 5.75 Å². The van der Waals surface area contributed by atoms with Crippen molar-refractivity contribution >= 4 is 58.6 Å². The van der Waals surface area contributed by atoms with Crippen LogP contribution < -0.4 is 42.0 Å². The Morgan fingerprint density at radius 3 is 2.00 bits per heavy atom. The fraction of sp³-hybridized carbons (Fsp3) is 0.520. The van der Waals surface area contributed by atoms with Crippen molar-refractivity contribution in [2.45, 2.75) is 151 Å². The minimum atomic E-state index is -3.84. The number of nitrogens with one attached hydrogen (secondary N) is 6. The van der Waals surface area contributed by atoms with Crippen molar-refractivity contribution in [3.05, 3.63) is 89.0 Å². The van der Waals surface area contributed by atoms with Crippen LogP contribution in [0.1, 0.15) is 133 Å². The summed E-state index contributed by atoms with van der Waals surface area (Å²) in [6.07, 6.45) is 15.5. The van der Waals surface area contributed by atoms with Gasteiger partial charge in [-0.2, -0.15) is 9.97 Å². The SMILES string of the molecule is CCC(C)(C)c1cc(C)ccc1OCCCNC(=O)NNc1nc(S(=O)(=O)Cc2cccc(S)c2)no1.CCCCCCCCCCCCOCCCNC(=O)NNc1nc(SOOc2cccc(C)c2)no1. The molecule has 0 saturated heterocycles. The molecule has 402 valence electrons. The van der Waals surface area contributed by atoms with Crippen LogP contribution in [0.4, 0.5) is 21.6 Å². The molecule has 0 aliphatic carbocycles. The number of urea groups is 2. The van der Waals surface area contributed by atoms with Crippen LogP contribution in [0.15, 0.2) is 91.0 Å². The highest BCUT2D eigenvalue weighted by molar-refractivity contribution is 7.94. The van der Waals surface area contributed by atoms with E-state index in [-0.39, 0.29) is 28.4 Å². The van der Waals surface area contributed by atoms with Gasteiger partial charge in [0.2, 0.25) is 9.84 Å². The molecule has 0 saturated carbocycles. The Hall–Kier alpha value is -5.75. The van der Waals surface area contributed by atoms with E-state index in [1.807, 2.05) is 37.3 Å². The molecule has 5 aromatic rings. The number of carbonyl (C=O) groups excluding carboxylic acids is 2. The molecule has 2 aromatic heterocycles. The number of aryl methyl sites for hydroxylation is 2. The standard InChI is InChI=1S/C25H33N5O5S2.C25H41N5O5S/c1-5-25(3,4)20-14-17(2)10-11-21(20)34-13-7-12-26-22(31)28-29-23-27-24(30-35-23)37(32,33)16-18-8-6-9-19(36)15-18;1-3-4-5-6-7-8-9-10-11-12-18-32-19-14-17-26-23(31)28-29-24-27-25(30-33-24)36-35-34-22-16-13-15-21(2)20-22/h6,8-11,14-15,36H,5,7,12-13,16H2,1-4H3,(H2,26,28,31)(H,27,29,30);13,15-16,20H,3-12,14,17-19H2,1-2H3,(H2,26,28,31)(H,27,29,30). The third kappa shape index (κ3) is 24.2. The van der Waals surface area contributed by atoms with E-state index in [2.05, 4.69) is 106 Å². The van der Waals surface area contributed by atoms with Crippen molar-refractivity contribution in [2.75, 3.05) is 43.8 Å². The van der Waals surface area contributed by atoms with E-state index in [1.54, 1.807) is 30.3 Å². The molecule has 23 heteroatoms. The highest BCUT2D eigenvalue weighted by Gasteiger charge is 2.24. The summed E-state index contributed by atoms with van der Waals surface area (Å²) < 4.78 is 51.6. The first kappa shape index (κ1) is 59.8. The molecule has 0 aliphatic heterocycles. The second-order valence-electron chi connectivity index (χ2n) is 17.8. The number of amides is 4. The maximum Gasteiger partial charge on any atom is 0.341 e. The van der Waals surface area contributed by atoms with Gasteiger partial charge in [0.05, 0.1) is 12.4 Å². The summed E-state index contributed by atoms with van der Waals surface area (Å²) in [7, 11) is -3.84. The number of benzene rings is 3. The first-order valence-electron chi connectivity index (χ1n) is 24.8. The molecule has 0 bridgehead atoms. The van der Waals surface area contributed by atoms with Crippen molar-refractivity contribution < 1.29 is 45.7 Å². The van der Waals surface area contributed by atoms with Gasteiger partial charge in [-0.1, -0.05) is 127 Å². The number of anilines is 2. The summed E-state index contributed by atoms with van der Waals surface area (Å²) >= 11 is 5.00. The molecule has 4 amide bonds. The summed E-state index contributed by atoms with van der Waals surface area (Å²) in [5.41, 5.74) is 13.6. The number of hydrogen-bond donors (Lipinski definition) is 7. The van der Waals surface area contributed by atoms with Crippen molar-refractivity contribution in [3.8, 4) is 11.5 Å². The highest BCUT2D eigenvalue weighted by atomic mass is 32.2. The summed E-state index contributed by atoms with van der Waals surface area (Å²) in [6, 6.07) is 19.1. The number of aromatic nitrogens is 4. The molecule has 6 N–H and O–H groups in total. The number of hydrazine groups is 2. The lowest BCUT2D eigenvalue weighted by Crippen LogP contribution is -2.39. The summed E-state index contributed by atoms with van der Waals surface area (Å²) in [5.74, 6) is 1.10. The fourth-order valence-corrected chi connectivity index (χ4v) is 8.52. The lowest BCUT2D eigenvalue weighted by Gasteiger charge is -2.26. The van der Waals surface area contributed by atoms with E-state index in [9.17, 15) is 18.0 Å². The Morgan fingerprint density at radius 2 is 1.33 bits per heavy atom. The second-order valence-corrected chi connectivity index (χ2v) is 20.9. The maximum absolute atomic E-state index is 12.5. The van der Waals surface area contributed by atoms with Gasteiger partial charge in [-0.25, -0.2) is 39.7 Å². The van der Waals surface area contributed by atoms with E-state index in [1.165, 1.54) is 68.9 Å². The number of ether oxygens (including phenoxy) is 2. The number of hydrogen-bond acceptors (Lipinski definition) is 18. The predicted octanol–water partition coefficient (Wildman–Crippen LogP) is 10.8. The molecule has 20 nitrogen and oxygen atoms in total. The molecular formula is C50H74N10O10S3. The average molecular weight is 1070 g/mol. The summed E-state index contributed by atoms with van der Waals surface area (Å²) in [4.78, 5) is 37.5. The monoisotopic (exact) mass is 1070 g/mol. The Bertz CT molecular complexity index is 2490. The smallest absolute Gasteiger partial charge is 0.341 e. The van der Waals surface area contributed by atoms with Crippen molar-refractivity contribution in [1.29, 1.82) is 0 Å². The molecule has 73 heavy (non-hydrogen) atoms. The Kier molecular flexibility index (Phi) is 27.2. The molecule has 0 spiro atoms. The van der Waals surface area contributed by atoms with E-state index >= 15 is 0 Å². The number of thiol groups is 1. The number of rotatable bonds is 33. The van der Waals surface area contributed by atoms with Crippen LogP contribution in [0.2, 0.25) is 0 Å². The average Bonchev–Trinajstić information content (AvgIpc) is 4.05. The zero-order chi connectivity index (χ0) is 52.7. The maximum atomic E-state index is 12.5. The van der Waals surface area contributed by atoms with E-state index in [0.29, 0.717) is 48.9 Å². The first-order chi connectivity index (χ1) is 35.2. The van der Waals surface area contributed by atoms with Crippen LogP contribution in [-0.4, -0.2) is 73.7 Å². The minimum Gasteiger partial charge on any atom is -0.493 e. The number of carbonyl (C=O) groups is 2. The summed E-state index contributed by atoms with van der Waals surface area (Å²) in [6.45, 7) is 15.5. The molecule has 0 fully saturated rings. The molecule has 0 radical (unpaired) electrons. The molecular weight excluding hydrogens is 997 g/mol. The minimum absolute atomic E-state index is 0.00337. The molecule has 0 aliphatic rings. The van der Waals surface area contributed by atoms with Crippen LogP contribution in [0.25, 0.3) is 0 Å². The largest absolute Gasteiger partial charge is 0.493 e.